The fourth-order valence-corrected chi connectivity index (χ4v) is 1.72. The molecule has 1 N–H and O–H groups in total. The average molecular weight is 286 g/mol. The molecule has 0 aromatic heterocycles. The molecule has 1 aromatic rings. The van der Waals surface area contributed by atoms with Crippen LogP contribution in [0, 0.1) is 0 Å². The summed E-state index contributed by atoms with van der Waals surface area (Å²) in [4.78, 5) is 11.7. The molecule has 0 bridgehead atoms. The molecule has 0 spiro atoms. The molecule has 19 heavy (non-hydrogen) atoms. The number of carbonyl (C=O) groups is 1. The maximum absolute atomic E-state index is 11.7. The van der Waals surface area contributed by atoms with Gasteiger partial charge in [-0.1, -0.05) is 0 Å². The highest BCUT2D eigenvalue weighted by atomic mass is 35.5. The van der Waals surface area contributed by atoms with E-state index in [-0.39, 0.29) is 5.91 Å². The van der Waals surface area contributed by atoms with Crippen LogP contribution in [0.5, 0.6) is 11.5 Å². The van der Waals surface area contributed by atoms with Crippen LogP contribution in [0.25, 0.3) is 0 Å². The third kappa shape index (κ3) is 5.39. The van der Waals surface area contributed by atoms with Gasteiger partial charge in [-0.25, -0.2) is 0 Å². The van der Waals surface area contributed by atoms with Gasteiger partial charge in [0, 0.05) is 18.4 Å². The van der Waals surface area contributed by atoms with Crippen molar-refractivity contribution in [3.05, 3.63) is 18.2 Å². The number of carbonyl (C=O) groups excluding carboxylic acids is 1. The molecule has 0 saturated carbocycles. The molecule has 0 atom stereocenters. The molecule has 0 radical (unpaired) electrons. The summed E-state index contributed by atoms with van der Waals surface area (Å²) in [5.74, 6) is 1.75. The third-order valence-electron chi connectivity index (χ3n) is 2.37. The molecular weight excluding hydrogens is 266 g/mol. The van der Waals surface area contributed by atoms with Gasteiger partial charge in [-0.2, -0.15) is 0 Å². The number of benzene rings is 1. The lowest BCUT2D eigenvalue weighted by Crippen LogP contribution is -2.12. The average Bonchev–Trinajstić information content (AvgIpc) is 2.40. The SMILES string of the molecule is CCOc1ccc(OCC)c(NC(=O)CCCCl)c1. The van der Waals surface area contributed by atoms with Crippen LogP contribution in [0.1, 0.15) is 26.7 Å². The first-order chi connectivity index (χ1) is 9.21. The van der Waals surface area contributed by atoms with Crippen LogP contribution in [0.2, 0.25) is 0 Å². The normalized spacial score (nSPS) is 10.1. The summed E-state index contributed by atoms with van der Waals surface area (Å²) >= 11 is 5.57. The number of halogens is 1. The minimum atomic E-state index is -0.0738. The number of rotatable bonds is 8. The van der Waals surface area contributed by atoms with Crippen LogP contribution in [-0.2, 0) is 4.79 Å². The third-order valence-corrected chi connectivity index (χ3v) is 2.64. The van der Waals surface area contributed by atoms with Crippen molar-refractivity contribution in [3.8, 4) is 11.5 Å². The van der Waals surface area contributed by atoms with Gasteiger partial charge >= 0.3 is 0 Å². The first kappa shape index (κ1) is 15.6. The largest absolute Gasteiger partial charge is 0.494 e. The molecular formula is C14H20ClNO3. The maximum atomic E-state index is 11.7. The number of hydrogen-bond donors (Lipinski definition) is 1. The minimum absolute atomic E-state index is 0.0738. The smallest absolute Gasteiger partial charge is 0.224 e. The number of hydrogen-bond acceptors (Lipinski definition) is 3. The maximum Gasteiger partial charge on any atom is 0.224 e. The van der Waals surface area contributed by atoms with E-state index in [1.165, 1.54) is 0 Å². The fraction of sp³-hybridized carbons (Fsp3) is 0.500. The molecule has 4 nitrogen and oxygen atoms in total. The highest BCUT2D eigenvalue weighted by molar-refractivity contribution is 6.18. The molecule has 0 aliphatic rings. The Morgan fingerprint density at radius 1 is 1.26 bits per heavy atom. The monoisotopic (exact) mass is 285 g/mol. The summed E-state index contributed by atoms with van der Waals surface area (Å²) in [6.07, 6.45) is 1.05. The van der Waals surface area contributed by atoms with Gasteiger partial charge in [-0.05, 0) is 32.4 Å². The Kier molecular flexibility index (Phi) is 7.11. The van der Waals surface area contributed by atoms with Gasteiger partial charge in [-0.3, -0.25) is 4.79 Å². The van der Waals surface area contributed by atoms with Gasteiger partial charge in [0.25, 0.3) is 0 Å². The van der Waals surface area contributed by atoms with Crippen molar-refractivity contribution >= 4 is 23.2 Å². The molecule has 0 unspecified atom stereocenters. The number of amides is 1. The van der Waals surface area contributed by atoms with Crippen molar-refractivity contribution in [1.29, 1.82) is 0 Å². The van der Waals surface area contributed by atoms with Crippen molar-refractivity contribution in [3.63, 3.8) is 0 Å². The lowest BCUT2D eigenvalue weighted by Gasteiger charge is -2.13. The van der Waals surface area contributed by atoms with E-state index in [9.17, 15) is 4.79 Å². The highest BCUT2D eigenvalue weighted by Crippen LogP contribution is 2.29. The van der Waals surface area contributed by atoms with Crippen LogP contribution in [0.3, 0.4) is 0 Å². The summed E-state index contributed by atoms with van der Waals surface area (Å²) in [7, 11) is 0. The van der Waals surface area contributed by atoms with Crippen molar-refractivity contribution in [2.75, 3.05) is 24.4 Å². The molecule has 1 rings (SSSR count). The first-order valence-electron chi connectivity index (χ1n) is 6.46. The highest BCUT2D eigenvalue weighted by Gasteiger charge is 2.09. The summed E-state index contributed by atoms with van der Waals surface area (Å²) in [5.41, 5.74) is 0.632. The number of anilines is 1. The molecule has 106 valence electrons. The van der Waals surface area contributed by atoms with Crippen LogP contribution < -0.4 is 14.8 Å². The zero-order valence-electron chi connectivity index (χ0n) is 11.4. The van der Waals surface area contributed by atoms with Gasteiger partial charge in [0.15, 0.2) is 0 Å². The number of nitrogens with one attached hydrogen (secondary N) is 1. The second kappa shape index (κ2) is 8.64. The first-order valence-corrected chi connectivity index (χ1v) is 7.00. The topological polar surface area (TPSA) is 47.6 Å². The zero-order chi connectivity index (χ0) is 14.1. The zero-order valence-corrected chi connectivity index (χ0v) is 12.1. The van der Waals surface area contributed by atoms with E-state index in [1.807, 2.05) is 19.9 Å². The Hall–Kier alpha value is -1.42. The second-order valence-electron chi connectivity index (χ2n) is 3.86. The van der Waals surface area contributed by atoms with Gasteiger partial charge in [0.1, 0.15) is 11.5 Å². The van der Waals surface area contributed by atoms with Crippen molar-refractivity contribution in [2.45, 2.75) is 26.7 Å². The van der Waals surface area contributed by atoms with E-state index in [2.05, 4.69) is 5.32 Å². The van der Waals surface area contributed by atoms with E-state index in [0.29, 0.717) is 49.1 Å². The Balaban J connectivity index is 2.80. The van der Waals surface area contributed by atoms with Gasteiger partial charge in [0.05, 0.1) is 18.9 Å². The summed E-state index contributed by atoms with van der Waals surface area (Å²) in [6, 6.07) is 5.39. The van der Waals surface area contributed by atoms with Crippen LogP contribution >= 0.6 is 11.6 Å². The van der Waals surface area contributed by atoms with Crippen LogP contribution in [0.4, 0.5) is 5.69 Å². The quantitative estimate of drug-likeness (QED) is 0.744. The molecule has 5 heteroatoms. The Morgan fingerprint density at radius 2 is 2.00 bits per heavy atom. The Bertz CT molecular complexity index is 410. The number of ether oxygens (including phenoxy) is 2. The Morgan fingerprint density at radius 3 is 2.63 bits per heavy atom. The predicted molar refractivity (Wildman–Crippen MR) is 77.4 cm³/mol. The lowest BCUT2D eigenvalue weighted by molar-refractivity contribution is -0.116. The van der Waals surface area contributed by atoms with E-state index < -0.39 is 0 Å². The molecule has 1 amide bonds. The van der Waals surface area contributed by atoms with E-state index in [1.54, 1.807) is 12.1 Å². The van der Waals surface area contributed by atoms with Gasteiger partial charge < -0.3 is 14.8 Å². The van der Waals surface area contributed by atoms with E-state index >= 15 is 0 Å². The standard InChI is InChI=1S/C14H20ClNO3/c1-3-18-11-7-8-13(19-4-2)12(10-11)16-14(17)6-5-9-15/h7-8,10H,3-6,9H2,1-2H3,(H,16,17). The Labute approximate surface area is 119 Å². The van der Waals surface area contributed by atoms with Crippen molar-refractivity contribution < 1.29 is 14.3 Å². The van der Waals surface area contributed by atoms with Gasteiger partial charge in [0.2, 0.25) is 5.91 Å². The summed E-state index contributed by atoms with van der Waals surface area (Å²) in [6.45, 7) is 4.93. The van der Waals surface area contributed by atoms with Crippen LogP contribution in [-0.4, -0.2) is 25.0 Å². The van der Waals surface area contributed by atoms with E-state index in [0.717, 1.165) is 0 Å². The predicted octanol–water partition coefficient (Wildman–Crippen LogP) is 3.44. The van der Waals surface area contributed by atoms with E-state index in [4.69, 9.17) is 21.1 Å². The molecule has 0 saturated heterocycles. The molecule has 0 aliphatic carbocycles. The molecule has 0 heterocycles. The van der Waals surface area contributed by atoms with Crippen LogP contribution in [0.15, 0.2) is 18.2 Å². The fourth-order valence-electron chi connectivity index (χ4n) is 1.58. The summed E-state index contributed by atoms with van der Waals surface area (Å²) in [5, 5.41) is 2.83. The molecule has 0 fully saturated rings. The number of alkyl halides is 1. The minimum Gasteiger partial charge on any atom is -0.494 e. The lowest BCUT2D eigenvalue weighted by atomic mass is 10.2. The molecule has 0 aliphatic heterocycles. The molecule has 1 aromatic carbocycles. The van der Waals surface area contributed by atoms with Gasteiger partial charge in [-0.15, -0.1) is 11.6 Å². The second-order valence-corrected chi connectivity index (χ2v) is 4.24. The summed E-state index contributed by atoms with van der Waals surface area (Å²) < 4.78 is 10.9. The van der Waals surface area contributed by atoms with Crippen molar-refractivity contribution in [2.24, 2.45) is 0 Å². The van der Waals surface area contributed by atoms with Crippen molar-refractivity contribution in [1.82, 2.24) is 0 Å².